The van der Waals surface area contributed by atoms with Gasteiger partial charge in [0.1, 0.15) is 0 Å². The molecule has 0 saturated heterocycles. The zero-order chi connectivity index (χ0) is 18.7. The number of amides is 1. The summed E-state index contributed by atoms with van der Waals surface area (Å²) in [6.07, 6.45) is 0. The molecule has 2 aromatic carbocycles. The number of aromatic nitrogens is 1. The summed E-state index contributed by atoms with van der Waals surface area (Å²) in [7, 11) is -3.84. The van der Waals surface area contributed by atoms with Crippen LogP contribution < -0.4 is 4.72 Å². The molecule has 8 nitrogen and oxygen atoms in total. The lowest BCUT2D eigenvalue weighted by molar-refractivity contribution is -0.117. The Hall–Kier alpha value is -2.56. The van der Waals surface area contributed by atoms with Crippen LogP contribution in [0, 0.1) is 0 Å². The fourth-order valence-corrected chi connectivity index (χ4v) is 3.45. The largest absolute Gasteiger partial charge is 0.493 e. The van der Waals surface area contributed by atoms with E-state index in [4.69, 9.17) is 0 Å². The molecule has 3 aromatic rings. The molecule has 0 aliphatic heterocycles. The van der Waals surface area contributed by atoms with E-state index < -0.39 is 22.5 Å². The lowest BCUT2D eigenvalue weighted by Crippen LogP contribution is -2.28. The summed E-state index contributed by atoms with van der Waals surface area (Å²) in [4.78, 5) is 14.6. The number of H-pyrrole nitrogens is 1. The number of aromatic hydroxyl groups is 1. The van der Waals surface area contributed by atoms with Crippen molar-refractivity contribution in [3.8, 4) is 5.88 Å². The summed E-state index contributed by atoms with van der Waals surface area (Å²) >= 11 is 3.22. The highest BCUT2D eigenvalue weighted by atomic mass is 79.9. The lowest BCUT2D eigenvalue weighted by Gasteiger charge is -2.04. The second-order valence-electron chi connectivity index (χ2n) is 5.24. The van der Waals surface area contributed by atoms with Gasteiger partial charge in [-0.25, -0.2) is 13.1 Å². The number of nitrogens with one attached hydrogen (secondary N) is 2. The predicted octanol–water partition coefficient (Wildman–Crippen LogP) is 3.22. The molecule has 10 heteroatoms. The average molecular weight is 437 g/mol. The van der Waals surface area contributed by atoms with Gasteiger partial charge in [0.15, 0.2) is 5.69 Å². The van der Waals surface area contributed by atoms with Crippen LogP contribution in [-0.2, 0) is 14.8 Å². The van der Waals surface area contributed by atoms with Gasteiger partial charge in [0, 0.05) is 9.86 Å². The van der Waals surface area contributed by atoms with Crippen LogP contribution in [0.4, 0.5) is 5.69 Å². The first-order valence-electron chi connectivity index (χ1n) is 7.36. The maximum Gasteiger partial charge on any atom is 0.279 e. The lowest BCUT2D eigenvalue weighted by atomic mass is 10.2. The van der Waals surface area contributed by atoms with Crippen LogP contribution in [0.3, 0.4) is 0 Å². The van der Waals surface area contributed by atoms with Crippen molar-refractivity contribution in [1.29, 1.82) is 0 Å². The molecule has 3 N–H and O–H groups in total. The van der Waals surface area contributed by atoms with Gasteiger partial charge in [0.05, 0.1) is 17.0 Å². The van der Waals surface area contributed by atoms with Gasteiger partial charge in [-0.15, -0.1) is 10.2 Å². The van der Waals surface area contributed by atoms with E-state index in [1.54, 1.807) is 36.4 Å². The third-order valence-corrected chi connectivity index (χ3v) is 5.40. The summed E-state index contributed by atoms with van der Waals surface area (Å²) in [5, 5.41) is 17.6. The number of azo groups is 1. The Morgan fingerprint density at radius 2 is 1.85 bits per heavy atom. The minimum absolute atomic E-state index is 0.0275. The summed E-state index contributed by atoms with van der Waals surface area (Å²) in [5.74, 6) is -1.02. The third kappa shape index (κ3) is 3.98. The van der Waals surface area contributed by atoms with Crippen molar-refractivity contribution < 1.29 is 18.3 Å². The van der Waals surface area contributed by atoms with Crippen molar-refractivity contribution in [2.75, 3.05) is 6.54 Å². The second-order valence-corrected chi connectivity index (χ2v) is 7.92. The van der Waals surface area contributed by atoms with E-state index in [2.05, 4.69) is 35.9 Å². The molecule has 26 heavy (non-hydrogen) atoms. The van der Waals surface area contributed by atoms with Crippen LogP contribution in [-0.4, -0.2) is 31.0 Å². The molecule has 0 atom stereocenters. The van der Waals surface area contributed by atoms with E-state index in [9.17, 15) is 18.3 Å². The molecule has 0 spiro atoms. The molecule has 0 fully saturated rings. The van der Waals surface area contributed by atoms with Gasteiger partial charge in [0.2, 0.25) is 15.9 Å². The molecular weight excluding hydrogens is 424 g/mol. The molecule has 0 aliphatic rings. The van der Waals surface area contributed by atoms with Gasteiger partial charge < -0.3 is 10.1 Å². The highest BCUT2D eigenvalue weighted by Gasteiger charge is 2.16. The smallest absolute Gasteiger partial charge is 0.279 e. The molecule has 0 unspecified atom stereocenters. The van der Waals surface area contributed by atoms with Crippen molar-refractivity contribution >= 4 is 48.5 Å². The zero-order valence-electron chi connectivity index (χ0n) is 13.2. The number of halogens is 1. The van der Waals surface area contributed by atoms with Crippen molar-refractivity contribution in [1.82, 2.24) is 9.71 Å². The Balaban J connectivity index is 1.69. The van der Waals surface area contributed by atoms with Crippen LogP contribution >= 0.6 is 15.9 Å². The molecule has 0 bridgehead atoms. The Kier molecular flexibility index (Phi) is 5.16. The number of fused-ring (bicyclic) bond motifs is 1. The van der Waals surface area contributed by atoms with Crippen LogP contribution in [0.25, 0.3) is 10.9 Å². The Bertz CT molecular complexity index is 1090. The minimum atomic E-state index is -3.84. The van der Waals surface area contributed by atoms with Gasteiger partial charge >= 0.3 is 0 Å². The Morgan fingerprint density at radius 1 is 1.15 bits per heavy atom. The van der Waals surface area contributed by atoms with E-state index in [0.717, 1.165) is 4.47 Å². The van der Waals surface area contributed by atoms with E-state index in [1.165, 1.54) is 12.1 Å². The standard InChI is InChI=1S/C16H13BrN4O4S/c17-10-5-7-11(8-6-10)26(24,25)18-9-14(22)20-21-15-12-3-1-2-4-13(12)19-16(15)23/h1-8,18-19,23H,9H2. The maximum absolute atomic E-state index is 12.1. The summed E-state index contributed by atoms with van der Waals surface area (Å²) in [6.45, 7) is -0.551. The molecule has 1 aromatic heterocycles. The molecule has 0 aliphatic carbocycles. The van der Waals surface area contributed by atoms with Crippen molar-refractivity contribution in [2.24, 2.45) is 10.2 Å². The van der Waals surface area contributed by atoms with E-state index >= 15 is 0 Å². The number of carbonyl (C=O) groups is 1. The molecule has 3 rings (SSSR count). The zero-order valence-corrected chi connectivity index (χ0v) is 15.6. The average Bonchev–Trinajstić information content (AvgIpc) is 2.94. The molecule has 134 valence electrons. The predicted molar refractivity (Wildman–Crippen MR) is 98.8 cm³/mol. The van der Waals surface area contributed by atoms with E-state index in [-0.39, 0.29) is 16.5 Å². The van der Waals surface area contributed by atoms with Crippen LogP contribution in [0.2, 0.25) is 0 Å². The monoisotopic (exact) mass is 436 g/mol. The number of para-hydroxylation sites is 1. The number of benzene rings is 2. The number of nitrogens with zero attached hydrogens (tertiary/aromatic N) is 2. The molecule has 0 radical (unpaired) electrons. The summed E-state index contributed by atoms with van der Waals surface area (Å²) in [6, 6.07) is 12.9. The highest BCUT2D eigenvalue weighted by Crippen LogP contribution is 2.35. The van der Waals surface area contributed by atoms with E-state index in [1.807, 2.05) is 0 Å². The van der Waals surface area contributed by atoms with Crippen LogP contribution in [0.1, 0.15) is 0 Å². The SMILES string of the molecule is O=C(CNS(=O)(=O)c1ccc(Br)cc1)N=Nc1c(O)[nH]c2ccccc12. The first kappa shape index (κ1) is 18.2. The van der Waals surface area contributed by atoms with Crippen molar-refractivity contribution in [2.45, 2.75) is 4.90 Å². The quantitative estimate of drug-likeness (QED) is 0.530. The van der Waals surface area contributed by atoms with E-state index in [0.29, 0.717) is 10.9 Å². The number of hydrogen-bond donors (Lipinski definition) is 3. The van der Waals surface area contributed by atoms with Crippen molar-refractivity contribution in [3.63, 3.8) is 0 Å². The highest BCUT2D eigenvalue weighted by molar-refractivity contribution is 9.10. The minimum Gasteiger partial charge on any atom is -0.493 e. The van der Waals surface area contributed by atoms with Gasteiger partial charge in [0.25, 0.3) is 5.91 Å². The first-order valence-corrected chi connectivity index (χ1v) is 9.64. The fraction of sp³-hybridized carbons (Fsp3) is 0.0625. The number of sulfonamides is 1. The second kappa shape index (κ2) is 7.36. The first-order chi connectivity index (χ1) is 12.4. The van der Waals surface area contributed by atoms with Gasteiger partial charge in [-0.3, -0.25) is 4.79 Å². The number of carbonyl (C=O) groups excluding carboxylic acids is 1. The summed E-state index contributed by atoms with van der Waals surface area (Å²) in [5.41, 5.74) is 0.757. The van der Waals surface area contributed by atoms with Crippen LogP contribution in [0.15, 0.2) is 68.1 Å². The topological polar surface area (TPSA) is 124 Å². The van der Waals surface area contributed by atoms with Crippen molar-refractivity contribution in [3.05, 3.63) is 53.0 Å². The van der Waals surface area contributed by atoms with Gasteiger partial charge in [-0.1, -0.05) is 34.1 Å². The number of hydrogen-bond acceptors (Lipinski definition) is 5. The number of rotatable bonds is 5. The van der Waals surface area contributed by atoms with Gasteiger partial charge in [-0.2, -0.15) is 0 Å². The maximum atomic E-state index is 12.1. The number of aromatic amines is 1. The van der Waals surface area contributed by atoms with Gasteiger partial charge in [-0.05, 0) is 30.3 Å². The molecular formula is C16H13BrN4O4S. The Labute approximate surface area is 157 Å². The molecule has 1 heterocycles. The molecule has 0 saturated carbocycles. The van der Waals surface area contributed by atoms with Crippen LogP contribution in [0.5, 0.6) is 5.88 Å². The Morgan fingerprint density at radius 3 is 2.58 bits per heavy atom. The normalized spacial score (nSPS) is 12.0. The summed E-state index contributed by atoms with van der Waals surface area (Å²) < 4.78 is 27.1. The third-order valence-electron chi connectivity index (χ3n) is 3.46. The fourth-order valence-electron chi connectivity index (χ4n) is 2.21. The molecule has 1 amide bonds.